The Morgan fingerprint density at radius 2 is 2.38 bits per heavy atom. The van der Waals surface area contributed by atoms with Gasteiger partial charge >= 0.3 is 0 Å². The summed E-state index contributed by atoms with van der Waals surface area (Å²) in [7, 11) is 1.86. The predicted octanol–water partition coefficient (Wildman–Crippen LogP) is 2.59. The van der Waals surface area contributed by atoms with Crippen molar-refractivity contribution in [3.8, 4) is 0 Å². The summed E-state index contributed by atoms with van der Waals surface area (Å²) < 4.78 is 1.12. The van der Waals surface area contributed by atoms with Gasteiger partial charge < -0.3 is 4.90 Å². The number of amides is 1. The third-order valence-electron chi connectivity index (χ3n) is 2.55. The molecular weight excluding hydrogens is 250 g/mol. The number of halogens is 1. The van der Waals surface area contributed by atoms with Crippen LogP contribution in [0.2, 0.25) is 0 Å². The Kier molecular flexibility index (Phi) is 2.20. The minimum atomic E-state index is 0.217. The molecule has 2 nitrogen and oxygen atoms in total. The van der Waals surface area contributed by atoms with E-state index in [1.165, 1.54) is 10.4 Å². The number of rotatable bonds is 0. The van der Waals surface area contributed by atoms with E-state index in [-0.39, 0.29) is 11.9 Å². The van der Waals surface area contributed by atoms with E-state index >= 15 is 0 Å². The lowest BCUT2D eigenvalue weighted by atomic mass is 10.0. The van der Waals surface area contributed by atoms with Crippen molar-refractivity contribution in [2.75, 3.05) is 7.05 Å². The third kappa shape index (κ3) is 1.42. The van der Waals surface area contributed by atoms with Crippen LogP contribution in [0.1, 0.15) is 23.4 Å². The van der Waals surface area contributed by atoms with Crippen LogP contribution in [0.3, 0.4) is 0 Å². The average molecular weight is 260 g/mol. The summed E-state index contributed by atoms with van der Waals surface area (Å²) in [5.41, 5.74) is 1.29. The molecule has 0 aliphatic carbocycles. The normalized spacial score (nSPS) is 21.9. The molecular formula is C9H10BrNOS. The van der Waals surface area contributed by atoms with Crippen LogP contribution in [0.25, 0.3) is 0 Å². The summed E-state index contributed by atoms with van der Waals surface area (Å²) in [4.78, 5) is 14.5. The molecule has 0 fully saturated rings. The summed E-state index contributed by atoms with van der Waals surface area (Å²) in [5.74, 6) is 0.217. The monoisotopic (exact) mass is 259 g/mol. The second-order valence-electron chi connectivity index (χ2n) is 3.29. The Morgan fingerprint density at radius 3 is 3.08 bits per heavy atom. The van der Waals surface area contributed by atoms with Crippen molar-refractivity contribution in [2.24, 2.45) is 0 Å². The van der Waals surface area contributed by atoms with E-state index in [2.05, 4.69) is 28.9 Å². The van der Waals surface area contributed by atoms with Crippen molar-refractivity contribution >= 4 is 33.2 Å². The highest BCUT2D eigenvalue weighted by atomic mass is 79.9. The highest BCUT2D eigenvalue weighted by Crippen LogP contribution is 2.37. The number of carbonyl (C=O) groups is 1. The molecule has 13 heavy (non-hydrogen) atoms. The van der Waals surface area contributed by atoms with E-state index in [4.69, 9.17) is 0 Å². The van der Waals surface area contributed by atoms with Crippen LogP contribution in [0.5, 0.6) is 0 Å². The van der Waals surface area contributed by atoms with Crippen molar-refractivity contribution in [1.29, 1.82) is 0 Å². The number of fused-ring (bicyclic) bond motifs is 1. The molecule has 1 atom stereocenters. The van der Waals surface area contributed by atoms with Crippen LogP contribution < -0.4 is 0 Å². The fourth-order valence-electron chi connectivity index (χ4n) is 1.59. The van der Waals surface area contributed by atoms with Gasteiger partial charge in [-0.2, -0.15) is 0 Å². The topological polar surface area (TPSA) is 20.3 Å². The lowest BCUT2D eigenvalue weighted by Crippen LogP contribution is -2.34. The van der Waals surface area contributed by atoms with E-state index in [9.17, 15) is 4.79 Å². The first-order valence-corrected chi connectivity index (χ1v) is 5.74. The van der Waals surface area contributed by atoms with Gasteiger partial charge in [-0.25, -0.2) is 0 Å². The molecule has 1 aromatic rings. The average Bonchev–Trinajstić information content (AvgIpc) is 2.42. The number of hydrogen-bond donors (Lipinski definition) is 0. The first-order chi connectivity index (χ1) is 6.09. The van der Waals surface area contributed by atoms with Gasteiger partial charge in [0.1, 0.15) is 0 Å². The quantitative estimate of drug-likeness (QED) is 0.702. The zero-order valence-electron chi connectivity index (χ0n) is 7.50. The standard InChI is InChI=1S/C9H10BrNOS/c1-5-6-3-8(10)13-7(6)4-9(12)11(5)2/h3,5H,4H2,1-2H3. The zero-order chi connectivity index (χ0) is 9.59. The summed E-state index contributed by atoms with van der Waals surface area (Å²) in [5, 5.41) is 0. The summed E-state index contributed by atoms with van der Waals surface area (Å²) in [6.07, 6.45) is 0.562. The molecule has 4 heteroatoms. The van der Waals surface area contributed by atoms with Crippen LogP contribution in [0.15, 0.2) is 9.85 Å². The minimum Gasteiger partial charge on any atom is -0.339 e. The summed E-state index contributed by atoms with van der Waals surface area (Å²) in [6, 6.07) is 2.34. The van der Waals surface area contributed by atoms with Gasteiger partial charge in [-0.3, -0.25) is 4.79 Å². The smallest absolute Gasteiger partial charge is 0.228 e. The molecule has 0 aromatic carbocycles. The predicted molar refractivity (Wildman–Crippen MR) is 56.9 cm³/mol. The van der Waals surface area contributed by atoms with Gasteiger partial charge in [0.2, 0.25) is 5.91 Å². The third-order valence-corrected chi connectivity index (χ3v) is 4.20. The lowest BCUT2D eigenvalue weighted by molar-refractivity contribution is -0.131. The molecule has 2 rings (SSSR count). The van der Waals surface area contributed by atoms with Gasteiger partial charge in [-0.05, 0) is 34.5 Å². The van der Waals surface area contributed by atoms with Crippen LogP contribution in [-0.2, 0) is 11.2 Å². The van der Waals surface area contributed by atoms with Gasteiger partial charge in [0.25, 0.3) is 0 Å². The van der Waals surface area contributed by atoms with Crippen molar-refractivity contribution in [3.05, 3.63) is 20.3 Å². The Morgan fingerprint density at radius 1 is 1.69 bits per heavy atom. The molecule has 0 saturated heterocycles. The molecule has 1 aliphatic heterocycles. The number of hydrogen-bond acceptors (Lipinski definition) is 2. The Labute approximate surface area is 89.7 Å². The first kappa shape index (κ1) is 9.21. The van der Waals surface area contributed by atoms with Crippen molar-refractivity contribution < 1.29 is 4.79 Å². The summed E-state index contributed by atoms with van der Waals surface area (Å²) in [6.45, 7) is 2.06. The summed E-state index contributed by atoms with van der Waals surface area (Å²) >= 11 is 5.12. The fourth-order valence-corrected chi connectivity index (χ4v) is 3.38. The number of nitrogens with zero attached hydrogens (tertiary/aromatic N) is 1. The van der Waals surface area contributed by atoms with Crippen LogP contribution in [-0.4, -0.2) is 17.9 Å². The molecule has 2 heterocycles. The molecule has 1 aromatic heterocycles. The molecule has 0 radical (unpaired) electrons. The number of thiophene rings is 1. The molecule has 1 aliphatic rings. The SMILES string of the molecule is CC1c2cc(Br)sc2CC(=O)N1C. The van der Waals surface area contributed by atoms with Gasteiger partial charge in [0.15, 0.2) is 0 Å². The second kappa shape index (κ2) is 3.10. The van der Waals surface area contributed by atoms with Gasteiger partial charge in [0.05, 0.1) is 16.2 Å². The Hall–Kier alpha value is -0.350. The molecule has 70 valence electrons. The zero-order valence-corrected chi connectivity index (χ0v) is 9.91. The fraction of sp³-hybridized carbons (Fsp3) is 0.444. The molecule has 0 spiro atoms. The first-order valence-electron chi connectivity index (χ1n) is 4.13. The number of likely N-dealkylation sites (N-methyl/N-ethyl adjacent to an activating group) is 1. The lowest BCUT2D eigenvalue weighted by Gasteiger charge is -2.29. The Balaban J connectivity index is 2.48. The van der Waals surface area contributed by atoms with Crippen molar-refractivity contribution in [2.45, 2.75) is 19.4 Å². The molecule has 1 amide bonds. The maximum absolute atomic E-state index is 11.5. The van der Waals surface area contributed by atoms with E-state index < -0.39 is 0 Å². The molecule has 0 bridgehead atoms. The van der Waals surface area contributed by atoms with Gasteiger partial charge in [-0.15, -0.1) is 11.3 Å². The van der Waals surface area contributed by atoms with Crippen molar-refractivity contribution in [1.82, 2.24) is 4.90 Å². The largest absolute Gasteiger partial charge is 0.339 e. The van der Waals surface area contributed by atoms with E-state index in [1.807, 2.05) is 11.9 Å². The highest BCUT2D eigenvalue weighted by molar-refractivity contribution is 9.11. The molecule has 0 saturated carbocycles. The van der Waals surface area contributed by atoms with Gasteiger partial charge in [0, 0.05) is 11.9 Å². The van der Waals surface area contributed by atoms with Crippen molar-refractivity contribution in [3.63, 3.8) is 0 Å². The van der Waals surface area contributed by atoms with E-state index in [0.29, 0.717) is 6.42 Å². The van der Waals surface area contributed by atoms with E-state index in [1.54, 1.807) is 11.3 Å². The highest BCUT2D eigenvalue weighted by Gasteiger charge is 2.28. The molecule has 1 unspecified atom stereocenters. The van der Waals surface area contributed by atoms with Crippen LogP contribution in [0, 0.1) is 0 Å². The maximum Gasteiger partial charge on any atom is 0.228 e. The Bertz CT molecular complexity index is 360. The second-order valence-corrected chi connectivity index (χ2v) is 5.80. The van der Waals surface area contributed by atoms with Crippen LogP contribution >= 0.6 is 27.3 Å². The number of carbonyl (C=O) groups excluding carboxylic acids is 1. The maximum atomic E-state index is 11.5. The van der Waals surface area contributed by atoms with E-state index in [0.717, 1.165) is 3.79 Å². The van der Waals surface area contributed by atoms with Gasteiger partial charge in [-0.1, -0.05) is 0 Å². The molecule has 0 N–H and O–H groups in total. The van der Waals surface area contributed by atoms with Crippen LogP contribution in [0.4, 0.5) is 0 Å². The minimum absolute atomic E-state index is 0.217.